The summed E-state index contributed by atoms with van der Waals surface area (Å²) in [6, 6.07) is 13.9. The van der Waals surface area contributed by atoms with Gasteiger partial charge in [-0.1, -0.05) is 51.0 Å². The predicted octanol–water partition coefficient (Wildman–Crippen LogP) is 8.06. The van der Waals surface area contributed by atoms with Gasteiger partial charge in [0, 0.05) is 11.6 Å². The van der Waals surface area contributed by atoms with Crippen molar-refractivity contribution in [2.45, 2.75) is 65.7 Å². The summed E-state index contributed by atoms with van der Waals surface area (Å²) in [7, 11) is 2.17. The summed E-state index contributed by atoms with van der Waals surface area (Å²) in [6.07, 6.45) is 8.61. The van der Waals surface area contributed by atoms with Crippen LogP contribution in [0.15, 0.2) is 42.6 Å². The Morgan fingerprint density at radius 3 is 2.55 bits per heavy atom. The smallest absolute Gasteiger partial charge is 0.228 e. The van der Waals surface area contributed by atoms with Crippen molar-refractivity contribution in [2.24, 2.45) is 13.0 Å². The summed E-state index contributed by atoms with van der Waals surface area (Å²) in [5.41, 5.74) is 8.03. The average molecular weight is 437 g/mol. The Balaban J connectivity index is 1.68. The van der Waals surface area contributed by atoms with E-state index >= 15 is 0 Å². The monoisotopic (exact) mass is 436 g/mol. The van der Waals surface area contributed by atoms with Crippen molar-refractivity contribution >= 4 is 21.5 Å². The summed E-state index contributed by atoms with van der Waals surface area (Å²) in [5, 5.41) is 5.30. The van der Waals surface area contributed by atoms with Crippen LogP contribution >= 0.6 is 0 Å². The molecule has 33 heavy (non-hydrogen) atoms. The molecule has 2 aliphatic rings. The average Bonchev–Trinajstić information content (AvgIpc) is 3.33. The zero-order chi connectivity index (χ0) is 22.9. The highest BCUT2D eigenvalue weighted by Crippen LogP contribution is 2.52. The number of hydrogen-bond donors (Lipinski definition) is 0. The maximum atomic E-state index is 6.87. The van der Waals surface area contributed by atoms with Crippen molar-refractivity contribution in [1.29, 1.82) is 0 Å². The zero-order valence-electron chi connectivity index (χ0n) is 20.6. The number of benzene rings is 3. The quantitative estimate of drug-likeness (QED) is 0.261. The molecule has 1 fully saturated rings. The molecule has 0 bridgehead atoms. The normalized spacial score (nSPS) is 15.5. The van der Waals surface area contributed by atoms with Gasteiger partial charge in [-0.25, -0.2) is 4.57 Å². The van der Waals surface area contributed by atoms with Crippen LogP contribution in [-0.4, -0.2) is 0 Å². The van der Waals surface area contributed by atoms with Gasteiger partial charge in [-0.3, -0.25) is 0 Å². The van der Waals surface area contributed by atoms with Crippen LogP contribution in [0.3, 0.4) is 0 Å². The molecule has 0 radical (unpaired) electrons. The Hall–Kier alpha value is -2.87. The minimum atomic E-state index is 0.619. The van der Waals surface area contributed by atoms with Crippen LogP contribution in [0.4, 0.5) is 0 Å². The third-order valence-electron chi connectivity index (χ3n) is 8.00. The van der Waals surface area contributed by atoms with Crippen molar-refractivity contribution in [3.8, 4) is 22.8 Å². The predicted molar refractivity (Wildman–Crippen MR) is 137 cm³/mol. The van der Waals surface area contributed by atoms with Gasteiger partial charge >= 0.3 is 0 Å². The third-order valence-corrected chi connectivity index (χ3v) is 8.00. The standard InChI is InChI=1S/C31H34NO/c1-18(2)15-22-11-8-12-25-19(3)28-30-29-23(13-14-32(30)5)16-24(21-9-6-7-10-21)17-26(29)33-31(28)20(4)27(22)25/h8,11-14,16-18,21H,6-7,9-10,15H2,1-5H3/q+1. The van der Waals surface area contributed by atoms with E-state index in [2.05, 4.69) is 81.9 Å². The highest BCUT2D eigenvalue weighted by molar-refractivity contribution is 6.07. The number of hydrogen-bond acceptors (Lipinski definition) is 1. The lowest BCUT2D eigenvalue weighted by atomic mass is 9.85. The molecule has 168 valence electrons. The van der Waals surface area contributed by atoms with Crippen molar-refractivity contribution in [3.05, 3.63) is 64.8 Å². The van der Waals surface area contributed by atoms with E-state index in [1.807, 2.05) is 0 Å². The molecule has 3 aromatic carbocycles. The van der Waals surface area contributed by atoms with Crippen molar-refractivity contribution in [2.75, 3.05) is 0 Å². The van der Waals surface area contributed by atoms with E-state index in [0.717, 1.165) is 17.9 Å². The van der Waals surface area contributed by atoms with Crippen molar-refractivity contribution in [1.82, 2.24) is 0 Å². The first kappa shape index (κ1) is 20.7. The number of fused-ring (bicyclic) bond motifs is 3. The van der Waals surface area contributed by atoms with Crippen molar-refractivity contribution in [3.63, 3.8) is 0 Å². The van der Waals surface area contributed by atoms with Gasteiger partial charge in [-0.2, -0.15) is 0 Å². The second-order valence-corrected chi connectivity index (χ2v) is 10.7. The fraction of sp³-hybridized carbons (Fsp3) is 0.387. The molecule has 1 aliphatic heterocycles. The molecule has 1 aliphatic carbocycles. The molecule has 0 amide bonds. The molecule has 0 N–H and O–H groups in total. The molecule has 6 rings (SSSR count). The molecule has 2 nitrogen and oxygen atoms in total. The lowest BCUT2D eigenvalue weighted by Gasteiger charge is -2.26. The van der Waals surface area contributed by atoms with Gasteiger partial charge in [0.2, 0.25) is 5.69 Å². The first-order chi connectivity index (χ1) is 15.9. The van der Waals surface area contributed by atoms with E-state index in [-0.39, 0.29) is 0 Å². The van der Waals surface area contributed by atoms with E-state index in [0.29, 0.717) is 11.8 Å². The van der Waals surface area contributed by atoms with E-state index in [1.54, 1.807) is 0 Å². The van der Waals surface area contributed by atoms with Gasteiger partial charge in [0.05, 0.1) is 10.9 Å². The highest BCUT2D eigenvalue weighted by Gasteiger charge is 2.33. The lowest BCUT2D eigenvalue weighted by Crippen LogP contribution is -2.32. The fourth-order valence-corrected chi connectivity index (χ4v) is 6.46. The summed E-state index contributed by atoms with van der Waals surface area (Å²) in [4.78, 5) is 0. The molecule has 1 saturated carbocycles. The lowest BCUT2D eigenvalue weighted by molar-refractivity contribution is -0.659. The van der Waals surface area contributed by atoms with Gasteiger partial charge in [0.25, 0.3) is 0 Å². The number of aromatic nitrogens is 1. The minimum absolute atomic E-state index is 0.619. The molecule has 0 saturated heterocycles. The van der Waals surface area contributed by atoms with Crippen LogP contribution in [0.2, 0.25) is 0 Å². The number of pyridine rings is 1. The maximum Gasteiger partial charge on any atom is 0.228 e. The number of aryl methyl sites for hydroxylation is 3. The van der Waals surface area contributed by atoms with E-state index < -0.39 is 0 Å². The fourth-order valence-electron chi connectivity index (χ4n) is 6.46. The van der Waals surface area contributed by atoms with Crippen LogP contribution in [-0.2, 0) is 13.5 Å². The van der Waals surface area contributed by atoms with Crippen molar-refractivity contribution < 1.29 is 9.30 Å². The number of rotatable bonds is 3. The van der Waals surface area contributed by atoms with Crippen LogP contribution in [0.1, 0.15) is 67.7 Å². The van der Waals surface area contributed by atoms with E-state index in [4.69, 9.17) is 4.74 Å². The first-order valence-corrected chi connectivity index (χ1v) is 12.6. The Labute approximate surface area is 197 Å². The molecule has 4 aromatic rings. The largest absolute Gasteiger partial charge is 0.455 e. The Bertz CT molecular complexity index is 1420. The second kappa shape index (κ2) is 7.58. The minimum Gasteiger partial charge on any atom is -0.455 e. The SMILES string of the molecule is Cc1c2c(c(C)c3c(CC(C)C)cccc13)Oc1cc(C3CCCC3)cc3cc[n+](C)c-2c13. The van der Waals surface area contributed by atoms with Crippen LogP contribution in [0, 0.1) is 19.8 Å². The zero-order valence-corrected chi connectivity index (χ0v) is 20.6. The molecule has 2 heterocycles. The third kappa shape index (κ3) is 3.10. The molecule has 0 unspecified atom stereocenters. The van der Waals surface area contributed by atoms with Gasteiger partial charge in [0.15, 0.2) is 6.20 Å². The number of nitrogens with zero attached hydrogens (tertiary/aromatic N) is 1. The Morgan fingerprint density at radius 2 is 1.79 bits per heavy atom. The topological polar surface area (TPSA) is 13.1 Å². The molecule has 0 spiro atoms. The molecule has 2 heteroatoms. The summed E-state index contributed by atoms with van der Waals surface area (Å²) in [6.45, 7) is 9.14. The summed E-state index contributed by atoms with van der Waals surface area (Å²) < 4.78 is 9.16. The van der Waals surface area contributed by atoms with E-state index in [1.165, 1.54) is 80.7 Å². The maximum absolute atomic E-state index is 6.87. The van der Waals surface area contributed by atoms with Gasteiger partial charge in [0.1, 0.15) is 18.5 Å². The second-order valence-electron chi connectivity index (χ2n) is 10.7. The molecule has 1 aromatic heterocycles. The van der Waals surface area contributed by atoms with Crippen LogP contribution in [0.25, 0.3) is 32.8 Å². The Morgan fingerprint density at radius 1 is 1.00 bits per heavy atom. The molecule has 0 atom stereocenters. The van der Waals surface area contributed by atoms with Crippen LogP contribution < -0.4 is 9.30 Å². The molecular formula is C31H34NO+. The summed E-state index contributed by atoms with van der Waals surface area (Å²) >= 11 is 0. The van der Waals surface area contributed by atoms with E-state index in [9.17, 15) is 0 Å². The first-order valence-electron chi connectivity index (χ1n) is 12.6. The van der Waals surface area contributed by atoms with Gasteiger partial charge < -0.3 is 4.74 Å². The van der Waals surface area contributed by atoms with Crippen LogP contribution in [0.5, 0.6) is 11.5 Å². The Kier molecular flexibility index (Phi) is 4.76. The molecular weight excluding hydrogens is 402 g/mol. The summed E-state index contributed by atoms with van der Waals surface area (Å²) in [5.74, 6) is 3.38. The number of ether oxygens (including phenoxy) is 1. The highest BCUT2D eigenvalue weighted by atomic mass is 16.5. The van der Waals surface area contributed by atoms with Gasteiger partial charge in [-0.15, -0.1) is 0 Å². The van der Waals surface area contributed by atoms with Gasteiger partial charge in [-0.05, 0) is 83.9 Å².